The molecular weight excluding hydrogens is 267 g/mol. The van der Waals surface area contributed by atoms with E-state index in [-0.39, 0.29) is 5.56 Å². The van der Waals surface area contributed by atoms with Crippen LogP contribution in [0.3, 0.4) is 0 Å². The molecule has 0 spiro atoms. The van der Waals surface area contributed by atoms with Gasteiger partial charge in [-0.1, -0.05) is 29.8 Å². The van der Waals surface area contributed by atoms with E-state index in [9.17, 15) is 9.18 Å². The van der Waals surface area contributed by atoms with Crippen LogP contribution in [0.4, 0.5) is 4.39 Å². The number of rotatable bonds is 3. The van der Waals surface area contributed by atoms with Crippen LogP contribution in [0.15, 0.2) is 41.5 Å². The van der Waals surface area contributed by atoms with Gasteiger partial charge in [-0.05, 0) is 44.0 Å². The highest BCUT2D eigenvalue weighted by molar-refractivity contribution is 5.95. The van der Waals surface area contributed by atoms with Crippen LogP contribution < -0.4 is 5.43 Å². The molecule has 1 amide bonds. The number of hydrogen-bond donors (Lipinski definition) is 1. The molecule has 0 unspecified atom stereocenters. The summed E-state index contributed by atoms with van der Waals surface area (Å²) in [7, 11) is 0. The lowest BCUT2D eigenvalue weighted by Crippen LogP contribution is -2.19. The quantitative estimate of drug-likeness (QED) is 0.680. The van der Waals surface area contributed by atoms with Crippen molar-refractivity contribution >= 4 is 12.1 Å². The number of nitrogens with one attached hydrogen (secondary N) is 1. The predicted molar refractivity (Wildman–Crippen MR) is 82.1 cm³/mol. The van der Waals surface area contributed by atoms with Gasteiger partial charge >= 0.3 is 0 Å². The highest BCUT2D eigenvalue weighted by Gasteiger charge is 2.09. The maximum absolute atomic E-state index is 13.5. The summed E-state index contributed by atoms with van der Waals surface area (Å²) in [5, 5.41) is 3.92. The van der Waals surface area contributed by atoms with E-state index in [1.165, 1.54) is 23.8 Å². The van der Waals surface area contributed by atoms with E-state index in [4.69, 9.17) is 0 Å². The van der Waals surface area contributed by atoms with Crippen LogP contribution in [0.2, 0.25) is 0 Å². The SMILES string of the molecule is Cc1cc(C)c(/C=N/NC(=O)c2ccccc2F)c(C)c1. The Labute approximate surface area is 123 Å². The smallest absolute Gasteiger partial charge is 0.267 e. The van der Waals surface area contributed by atoms with Gasteiger partial charge in [0, 0.05) is 5.56 Å². The highest BCUT2D eigenvalue weighted by Crippen LogP contribution is 2.14. The second kappa shape index (κ2) is 6.31. The fraction of sp³-hybridized carbons (Fsp3) is 0.176. The third-order valence-electron chi connectivity index (χ3n) is 3.22. The van der Waals surface area contributed by atoms with Gasteiger partial charge in [0.1, 0.15) is 5.82 Å². The van der Waals surface area contributed by atoms with Gasteiger partial charge in [-0.3, -0.25) is 4.79 Å². The molecule has 0 heterocycles. The van der Waals surface area contributed by atoms with Gasteiger partial charge in [0.2, 0.25) is 0 Å². The number of hydrogen-bond acceptors (Lipinski definition) is 2. The van der Waals surface area contributed by atoms with Gasteiger partial charge in [0.25, 0.3) is 5.91 Å². The predicted octanol–water partition coefficient (Wildman–Crippen LogP) is 3.51. The standard InChI is InChI=1S/C17H17FN2O/c1-11-8-12(2)15(13(3)9-11)10-19-20-17(21)14-6-4-5-7-16(14)18/h4-10H,1-3H3,(H,20,21)/b19-10+. The minimum absolute atomic E-state index is 0.0213. The number of hydrazone groups is 1. The van der Waals surface area contributed by atoms with Crippen molar-refractivity contribution in [3.63, 3.8) is 0 Å². The number of nitrogens with zero attached hydrogens (tertiary/aromatic N) is 1. The molecule has 2 aromatic carbocycles. The van der Waals surface area contributed by atoms with Crippen molar-refractivity contribution in [2.45, 2.75) is 20.8 Å². The summed E-state index contributed by atoms with van der Waals surface area (Å²) in [5.41, 5.74) is 6.62. The van der Waals surface area contributed by atoms with E-state index in [0.29, 0.717) is 0 Å². The van der Waals surface area contributed by atoms with Crippen LogP contribution >= 0.6 is 0 Å². The first-order chi connectivity index (χ1) is 9.99. The number of aryl methyl sites for hydroxylation is 3. The molecule has 2 aromatic rings. The molecule has 1 N–H and O–H groups in total. The molecule has 0 atom stereocenters. The number of benzene rings is 2. The summed E-state index contributed by atoms with van der Waals surface area (Å²) in [6, 6.07) is 9.90. The van der Waals surface area contributed by atoms with Crippen molar-refractivity contribution < 1.29 is 9.18 Å². The summed E-state index contributed by atoms with van der Waals surface area (Å²) in [6.45, 7) is 6.00. The van der Waals surface area contributed by atoms with Crippen molar-refractivity contribution in [2.24, 2.45) is 5.10 Å². The fourth-order valence-corrected chi connectivity index (χ4v) is 2.26. The van der Waals surface area contributed by atoms with Crippen LogP contribution in [-0.4, -0.2) is 12.1 Å². The van der Waals surface area contributed by atoms with E-state index in [1.54, 1.807) is 12.3 Å². The van der Waals surface area contributed by atoms with Crippen LogP contribution in [0.25, 0.3) is 0 Å². The molecule has 0 aromatic heterocycles. The largest absolute Gasteiger partial charge is 0.274 e. The second-order valence-corrected chi connectivity index (χ2v) is 4.99. The first kappa shape index (κ1) is 14.9. The van der Waals surface area contributed by atoms with Gasteiger partial charge < -0.3 is 0 Å². The maximum atomic E-state index is 13.5. The van der Waals surface area contributed by atoms with E-state index in [1.807, 2.05) is 32.9 Å². The minimum Gasteiger partial charge on any atom is -0.267 e. The maximum Gasteiger partial charge on any atom is 0.274 e. The Morgan fingerprint density at radius 1 is 1.14 bits per heavy atom. The Bertz CT molecular complexity index is 685. The molecule has 0 radical (unpaired) electrons. The summed E-state index contributed by atoms with van der Waals surface area (Å²) in [5.74, 6) is -1.13. The number of carbonyl (C=O) groups is 1. The number of amides is 1. The van der Waals surface area contributed by atoms with Gasteiger partial charge in [-0.2, -0.15) is 5.10 Å². The molecule has 0 saturated carbocycles. The summed E-state index contributed by atoms with van der Waals surface area (Å²) >= 11 is 0. The van der Waals surface area contributed by atoms with Crippen LogP contribution in [-0.2, 0) is 0 Å². The normalized spacial score (nSPS) is 10.9. The van der Waals surface area contributed by atoms with Gasteiger partial charge in [-0.25, -0.2) is 9.82 Å². The minimum atomic E-state index is -0.563. The Balaban J connectivity index is 2.13. The molecule has 0 aliphatic rings. The highest BCUT2D eigenvalue weighted by atomic mass is 19.1. The third kappa shape index (κ3) is 3.54. The zero-order chi connectivity index (χ0) is 15.4. The Morgan fingerprint density at radius 2 is 1.76 bits per heavy atom. The molecule has 4 heteroatoms. The first-order valence-corrected chi connectivity index (χ1v) is 6.65. The van der Waals surface area contributed by atoms with Crippen molar-refractivity contribution in [3.05, 3.63) is 70.0 Å². The van der Waals surface area contributed by atoms with E-state index >= 15 is 0 Å². The third-order valence-corrected chi connectivity index (χ3v) is 3.22. The molecule has 108 valence electrons. The molecule has 0 bridgehead atoms. The lowest BCUT2D eigenvalue weighted by molar-refractivity contribution is 0.0951. The van der Waals surface area contributed by atoms with Crippen molar-refractivity contribution in [2.75, 3.05) is 0 Å². The Kier molecular flexibility index (Phi) is 4.48. The molecule has 0 saturated heterocycles. The van der Waals surface area contributed by atoms with E-state index < -0.39 is 11.7 Å². The molecule has 0 aliphatic heterocycles. The van der Waals surface area contributed by atoms with Crippen LogP contribution in [0, 0.1) is 26.6 Å². The lowest BCUT2D eigenvalue weighted by atomic mass is 10.0. The Morgan fingerprint density at radius 3 is 2.38 bits per heavy atom. The monoisotopic (exact) mass is 284 g/mol. The second-order valence-electron chi connectivity index (χ2n) is 4.99. The van der Waals surface area contributed by atoms with E-state index in [2.05, 4.69) is 10.5 Å². The molecule has 21 heavy (non-hydrogen) atoms. The van der Waals surface area contributed by atoms with Gasteiger partial charge in [0.05, 0.1) is 11.8 Å². The lowest BCUT2D eigenvalue weighted by Gasteiger charge is -2.06. The molecule has 0 aliphatic carbocycles. The zero-order valence-electron chi connectivity index (χ0n) is 12.3. The average molecular weight is 284 g/mol. The van der Waals surface area contributed by atoms with Crippen molar-refractivity contribution in [3.8, 4) is 0 Å². The Hall–Kier alpha value is -2.49. The average Bonchev–Trinajstić information content (AvgIpc) is 2.42. The van der Waals surface area contributed by atoms with Crippen LogP contribution in [0.5, 0.6) is 0 Å². The molecule has 2 rings (SSSR count). The summed E-state index contributed by atoms with van der Waals surface area (Å²) in [6.07, 6.45) is 1.59. The number of halogens is 1. The van der Waals surface area contributed by atoms with Crippen LogP contribution in [0.1, 0.15) is 32.6 Å². The first-order valence-electron chi connectivity index (χ1n) is 6.65. The summed E-state index contributed by atoms with van der Waals surface area (Å²) in [4.78, 5) is 11.8. The summed E-state index contributed by atoms with van der Waals surface area (Å²) < 4.78 is 13.5. The molecular formula is C17H17FN2O. The van der Waals surface area contributed by atoms with Crippen molar-refractivity contribution in [1.29, 1.82) is 0 Å². The molecule has 3 nitrogen and oxygen atoms in total. The molecule has 0 fully saturated rings. The van der Waals surface area contributed by atoms with Crippen molar-refractivity contribution in [1.82, 2.24) is 5.43 Å². The van der Waals surface area contributed by atoms with E-state index in [0.717, 1.165) is 16.7 Å². The number of carbonyl (C=O) groups excluding carboxylic acids is 1. The van der Waals surface area contributed by atoms with Gasteiger partial charge in [0.15, 0.2) is 0 Å². The fourth-order valence-electron chi connectivity index (χ4n) is 2.26. The van der Waals surface area contributed by atoms with Gasteiger partial charge in [-0.15, -0.1) is 0 Å². The topological polar surface area (TPSA) is 41.5 Å². The zero-order valence-corrected chi connectivity index (χ0v) is 12.3.